The van der Waals surface area contributed by atoms with Crippen LogP contribution in [0.4, 0.5) is 14.5 Å². The van der Waals surface area contributed by atoms with Crippen LogP contribution in [0.5, 0.6) is 5.75 Å². The fourth-order valence-corrected chi connectivity index (χ4v) is 4.35. The summed E-state index contributed by atoms with van der Waals surface area (Å²) in [4.78, 5) is 27.3. The second kappa shape index (κ2) is 8.16. The Kier molecular flexibility index (Phi) is 5.17. The van der Waals surface area contributed by atoms with Crippen LogP contribution in [0.2, 0.25) is 0 Å². The van der Waals surface area contributed by atoms with Crippen molar-refractivity contribution in [2.24, 2.45) is 0 Å². The molecule has 0 aliphatic carbocycles. The van der Waals surface area contributed by atoms with Crippen LogP contribution < -0.4 is 9.64 Å². The van der Waals surface area contributed by atoms with Crippen molar-refractivity contribution >= 4 is 23.1 Å². The number of amides is 1. The van der Waals surface area contributed by atoms with E-state index in [1.165, 1.54) is 6.07 Å². The summed E-state index contributed by atoms with van der Waals surface area (Å²) in [5, 5.41) is 11.2. The van der Waals surface area contributed by atoms with E-state index < -0.39 is 29.4 Å². The van der Waals surface area contributed by atoms with E-state index >= 15 is 0 Å². The molecule has 33 heavy (non-hydrogen) atoms. The summed E-state index contributed by atoms with van der Waals surface area (Å²) in [6, 6.07) is 15.7. The van der Waals surface area contributed by atoms with Crippen molar-refractivity contribution in [3.63, 3.8) is 0 Å². The maximum absolute atomic E-state index is 14.0. The van der Waals surface area contributed by atoms with Crippen LogP contribution in [0.3, 0.4) is 0 Å². The quantitative estimate of drug-likeness (QED) is 0.352. The number of Topliss-reactive ketones (excluding diaryl/α,β-unsaturated/α-hetero) is 1. The van der Waals surface area contributed by atoms with E-state index in [1.54, 1.807) is 48.5 Å². The third kappa shape index (κ3) is 3.55. The lowest BCUT2D eigenvalue weighted by molar-refractivity contribution is -0.132. The molecule has 2 aliphatic heterocycles. The van der Waals surface area contributed by atoms with Crippen LogP contribution in [-0.4, -0.2) is 23.4 Å². The Morgan fingerprint density at radius 2 is 1.76 bits per heavy atom. The van der Waals surface area contributed by atoms with Gasteiger partial charge in [0.15, 0.2) is 11.6 Å². The molecule has 1 amide bonds. The topological polar surface area (TPSA) is 66.8 Å². The van der Waals surface area contributed by atoms with Gasteiger partial charge in [-0.25, -0.2) is 8.78 Å². The molecule has 1 fully saturated rings. The molecule has 1 N–H and O–H groups in total. The molecular weight excluding hydrogens is 428 g/mol. The molecule has 0 spiro atoms. The number of aliphatic hydroxyl groups excluding tert-OH is 1. The van der Waals surface area contributed by atoms with Crippen molar-refractivity contribution < 1.29 is 28.2 Å². The number of carbonyl (C=O) groups excluding carboxylic acids is 2. The summed E-state index contributed by atoms with van der Waals surface area (Å²) in [5.74, 6) is -3.66. The first-order chi connectivity index (χ1) is 16.0. The summed E-state index contributed by atoms with van der Waals surface area (Å²) >= 11 is 0. The number of aryl methyl sites for hydroxylation is 1. The number of carbonyl (C=O) groups is 2. The Hall–Kier alpha value is -4.00. The molecule has 1 atom stereocenters. The summed E-state index contributed by atoms with van der Waals surface area (Å²) < 4.78 is 33.2. The van der Waals surface area contributed by atoms with E-state index in [4.69, 9.17) is 4.74 Å². The summed E-state index contributed by atoms with van der Waals surface area (Å²) in [6.45, 7) is 0.617. The Morgan fingerprint density at radius 3 is 2.52 bits per heavy atom. The average Bonchev–Trinajstić information content (AvgIpc) is 3.11. The predicted molar refractivity (Wildman–Crippen MR) is 118 cm³/mol. The molecule has 2 aliphatic rings. The molecule has 3 aromatic rings. The molecular formula is C26H19F2NO4. The van der Waals surface area contributed by atoms with Crippen molar-refractivity contribution in [3.05, 3.63) is 101 Å². The molecule has 7 heteroatoms. The van der Waals surface area contributed by atoms with E-state index in [1.807, 2.05) is 0 Å². The zero-order valence-corrected chi connectivity index (χ0v) is 17.4. The summed E-state index contributed by atoms with van der Waals surface area (Å²) in [6.07, 6.45) is 1.60. The first-order valence-electron chi connectivity index (χ1n) is 10.5. The number of rotatable bonds is 3. The van der Waals surface area contributed by atoms with Gasteiger partial charge in [-0.1, -0.05) is 30.3 Å². The van der Waals surface area contributed by atoms with E-state index in [-0.39, 0.29) is 17.0 Å². The van der Waals surface area contributed by atoms with Crippen molar-refractivity contribution in [1.82, 2.24) is 0 Å². The normalized spacial score (nSPS) is 19.3. The van der Waals surface area contributed by atoms with Crippen LogP contribution in [0.15, 0.2) is 72.3 Å². The van der Waals surface area contributed by atoms with Gasteiger partial charge in [-0.2, -0.15) is 0 Å². The third-order valence-corrected chi connectivity index (χ3v) is 5.92. The van der Waals surface area contributed by atoms with Gasteiger partial charge >= 0.3 is 0 Å². The van der Waals surface area contributed by atoms with E-state index in [0.717, 1.165) is 41.2 Å². The van der Waals surface area contributed by atoms with Crippen LogP contribution in [0.1, 0.15) is 29.2 Å². The minimum atomic E-state index is -1.14. The SMILES string of the molecule is O=C1C(=O)N(c2ccc(F)c(F)c2)C(c2ccccc2)/C1=C(/O)c1ccc2c(c1)CCCO2. The molecule has 0 radical (unpaired) electrons. The molecule has 5 rings (SSSR count). The van der Waals surface area contributed by atoms with Crippen LogP contribution in [0, 0.1) is 11.6 Å². The fourth-order valence-electron chi connectivity index (χ4n) is 4.35. The number of aliphatic hydroxyl groups is 1. The van der Waals surface area contributed by atoms with E-state index in [9.17, 15) is 23.5 Å². The minimum absolute atomic E-state index is 0.0164. The maximum atomic E-state index is 14.0. The molecule has 0 aromatic heterocycles. The first kappa shape index (κ1) is 20.9. The van der Waals surface area contributed by atoms with Gasteiger partial charge in [-0.15, -0.1) is 0 Å². The van der Waals surface area contributed by atoms with Gasteiger partial charge in [0.1, 0.15) is 11.5 Å². The highest BCUT2D eigenvalue weighted by molar-refractivity contribution is 6.51. The molecule has 1 unspecified atom stereocenters. The summed E-state index contributed by atoms with van der Waals surface area (Å²) in [5.41, 5.74) is 1.72. The Balaban J connectivity index is 1.69. The Labute approximate surface area is 188 Å². The van der Waals surface area contributed by atoms with Gasteiger partial charge in [0.05, 0.1) is 18.2 Å². The monoisotopic (exact) mass is 447 g/mol. The van der Waals surface area contributed by atoms with E-state index in [0.29, 0.717) is 17.7 Å². The van der Waals surface area contributed by atoms with Crippen molar-refractivity contribution in [3.8, 4) is 5.75 Å². The zero-order valence-electron chi connectivity index (χ0n) is 17.4. The second-order valence-corrected chi connectivity index (χ2v) is 7.95. The van der Waals surface area contributed by atoms with Gasteiger partial charge in [-0.05, 0) is 54.3 Å². The minimum Gasteiger partial charge on any atom is -0.507 e. The zero-order chi connectivity index (χ0) is 23.1. The highest BCUT2D eigenvalue weighted by atomic mass is 19.2. The molecule has 2 heterocycles. The average molecular weight is 447 g/mol. The lowest BCUT2D eigenvalue weighted by Crippen LogP contribution is -2.29. The van der Waals surface area contributed by atoms with Gasteiger partial charge < -0.3 is 9.84 Å². The highest BCUT2D eigenvalue weighted by Gasteiger charge is 2.47. The first-order valence-corrected chi connectivity index (χ1v) is 10.5. The predicted octanol–water partition coefficient (Wildman–Crippen LogP) is 4.92. The standard InChI is InChI=1S/C26H19F2NO4/c27-19-10-9-18(14-20(19)28)29-23(15-5-2-1-3-6-15)22(25(31)26(29)32)24(30)17-8-11-21-16(13-17)7-4-12-33-21/h1-3,5-6,8-11,13-14,23,30H,4,7,12H2/b24-22-. The van der Waals surface area contributed by atoms with Crippen molar-refractivity contribution in [2.45, 2.75) is 18.9 Å². The fraction of sp³-hybridized carbons (Fsp3) is 0.154. The number of ketones is 1. The Morgan fingerprint density at radius 1 is 0.970 bits per heavy atom. The Bertz CT molecular complexity index is 1300. The van der Waals surface area contributed by atoms with Gasteiger partial charge in [0.25, 0.3) is 11.7 Å². The largest absolute Gasteiger partial charge is 0.507 e. The van der Waals surface area contributed by atoms with Crippen LogP contribution in [0.25, 0.3) is 5.76 Å². The number of benzene rings is 3. The lowest BCUT2D eigenvalue weighted by Gasteiger charge is -2.25. The number of anilines is 1. The number of hydrogen-bond acceptors (Lipinski definition) is 4. The van der Waals surface area contributed by atoms with E-state index in [2.05, 4.69) is 0 Å². The van der Waals surface area contributed by atoms with Crippen LogP contribution in [-0.2, 0) is 16.0 Å². The summed E-state index contributed by atoms with van der Waals surface area (Å²) in [7, 11) is 0. The third-order valence-electron chi connectivity index (χ3n) is 5.92. The van der Waals surface area contributed by atoms with Gasteiger partial charge in [-0.3, -0.25) is 14.5 Å². The molecule has 166 valence electrons. The number of nitrogens with zero attached hydrogens (tertiary/aromatic N) is 1. The molecule has 0 saturated carbocycles. The molecule has 3 aromatic carbocycles. The number of ether oxygens (including phenoxy) is 1. The smallest absolute Gasteiger partial charge is 0.300 e. The number of halogens is 2. The van der Waals surface area contributed by atoms with Crippen molar-refractivity contribution in [2.75, 3.05) is 11.5 Å². The number of hydrogen-bond donors (Lipinski definition) is 1. The lowest BCUT2D eigenvalue weighted by atomic mass is 9.94. The molecule has 5 nitrogen and oxygen atoms in total. The van der Waals surface area contributed by atoms with Crippen LogP contribution >= 0.6 is 0 Å². The van der Waals surface area contributed by atoms with Gasteiger partial charge in [0.2, 0.25) is 0 Å². The van der Waals surface area contributed by atoms with Gasteiger partial charge in [0, 0.05) is 17.3 Å². The highest BCUT2D eigenvalue weighted by Crippen LogP contribution is 2.42. The number of fused-ring (bicyclic) bond motifs is 1. The maximum Gasteiger partial charge on any atom is 0.300 e. The second-order valence-electron chi connectivity index (χ2n) is 7.95. The van der Waals surface area contributed by atoms with Crippen molar-refractivity contribution in [1.29, 1.82) is 0 Å². The molecule has 0 bridgehead atoms. The molecule has 1 saturated heterocycles.